The van der Waals surface area contributed by atoms with Crippen LogP contribution in [0.5, 0.6) is 0 Å². The van der Waals surface area contributed by atoms with E-state index in [1.54, 1.807) is 13.0 Å². The molecule has 1 aromatic heterocycles. The van der Waals surface area contributed by atoms with Crippen LogP contribution in [0.2, 0.25) is 0 Å². The van der Waals surface area contributed by atoms with Crippen molar-refractivity contribution in [1.82, 2.24) is 0 Å². The Kier molecular flexibility index (Phi) is 3.17. The number of amides is 1. The molecule has 0 saturated carbocycles. The number of rotatable bonds is 2. The Labute approximate surface area is 80.8 Å². The van der Waals surface area contributed by atoms with Crippen LogP contribution in [-0.2, 0) is 0 Å². The summed E-state index contributed by atoms with van der Waals surface area (Å²) in [7, 11) is 0. The Balaban J connectivity index is 2.72. The first-order valence-corrected chi connectivity index (χ1v) is 3.97. The van der Waals surface area contributed by atoms with Crippen LogP contribution >= 0.6 is 0 Å². The summed E-state index contributed by atoms with van der Waals surface area (Å²) in [6, 6.07) is 3.08. The molecule has 5 heteroatoms. The summed E-state index contributed by atoms with van der Waals surface area (Å²) < 4.78 is 4.81. The highest BCUT2D eigenvalue weighted by molar-refractivity contribution is 5.91. The van der Waals surface area contributed by atoms with Crippen molar-refractivity contribution in [1.29, 1.82) is 0 Å². The maximum Gasteiger partial charge on any atom is 0.330 e. The van der Waals surface area contributed by atoms with Gasteiger partial charge in [-0.15, -0.1) is 10.2 Å². The van der Waals surface area contributed by atoms with E-state index in [4.69, 9.17) is 9.52 Å². The minimum Gasteiger partial charge on any atom is -0.511 e. The molecule has 0 aliphatic rings. The Morgan fingerprint density at radius 3 is 2.64 bits per heavy atom. The summed E-state index contributed by atoms with van der Waals surface area (Å²) in [5.41, 5.74) is 0.296. The molecule has 0 atom stereocenters. The second-order valence-corrected chi connectivity index (χ2v) is 2.65. The molecular weight excluding hydrogens is 184 g/mol. The van der Waals surface area contributed by atoms with Crippen LogP contribution in [0, 0.1) is 0 Å². The molecule has 1 amide bonds. The molecule has 5 nitrogen and oxygen atoms in total. The van der Waals surface area contributed by atoms with E-state index in [-0.39, 0.29) is 11.5 Å². The third-order valence-corrected chi connectivity index (χ3v) is 1.55. The number of nitrogens with zero attached hydrogens (tertiary/aromatic N) is 2. The van der Waals surface area contributed by atoms with Gasteiger partial charge in [0.25, 0.3) is 0 Å². The van der Waals surface area contributed by atoms with Gasteiger partial charge in [-0.25, -0.2) is 0 Å². The smallest absolute Gasteiger partial charge is 0.330 e. The lowest BCUT2D eigenvalue weighted by Gasteiger charge is -1.91. The molecule has 1 rings (SSSR count). The van der Waals surface area contributed by atoms with E-state index in [2.05, 4.69) is 10.2 Å². The van der Waals surface area contributed by atoms with Crippen molar-refractivity contribution in [2.45, 2.75) is 13.8 Å². The van der Waals surface area contributed by atoms with E-state index in [0.29, 0.717) is 5.70 Å². The SMILES string of the molecule is C/C(O)=C(C)/N=N/C(=O)c1ccco1. The zero-order valence-corrected chi connectivity index (χ0v) is 7.89. The van der Waals surface area contributed by atoms with Gasteiger partial charge >= 0.3 is 5.91 Å². The lowest BCUT2D eigenvalue weighted by molar-refractivity contribution is 0.0968. The van der Waals surface area contributed by atoms with E-state index >= 15 is 0 Å². The first-order valence-electron chi connectivity index (χ1n) is 3.97. The van der Waals surface area contributed by atoms with Gasteiger partial charge in [0, 0.05) is 0 Å². The van der Waals surface area contributed by atoms with Crippen molar-refractivity contribution in [3.63, 3.8) is 0 Å². The second-order valence-electron chi connectivity index (χ2n) is 2.65. The molecule has 0 fully saturated rings. The first kappa shape index (κ1) is 10.2. The first-order chi connectivity index (χ1) is 6.61. The van der Waals surface area contributed by atoms with Crippen LogP contribution in [0.1, 0.15) is 24.4 Å². The monoisotopic (exact) mass is 194 g/mol. The van der Waals surface area contributed by atoms with E-state index in [0.717, 1.165) is 0 Å². The predicted molar refractivity (Wildman–Crippen MR) is 48.9 cm³/mol. The summed E-state index contributed by atoms with van der Waals surface area (Å²) >= 11 is 0. The van der Waals surface area contributed by atoms with Gasteiger partial charge in [0.1, 0.15) is 5.76 Å². The van der Waals surface area contributed by atoms with Crippen LogP contribution in [0.25, 0.3) is 0 Å². The molecule has 1 heterocycles. The third kappa shape index (κ3) is 2.55. The zero-order chi connectivity index (χ0) is 10.6. The zero-order valence-electron chi connectivity index (χ0n) is 7.89. The maximum atomic E-state index is 11.2. The topological polar surface area (TPSA) is 75.2 Å². The number of carbonyl (C=O) groups is 1. The van der Waals surface area contributed by atoms with Gasteiger partial charge in [0.2, 0.25) is 0 Å². The van der Waals surface area contributed by atoms with Crippen LogP contribution in [0.4, 0.5) is 0 Å². The number of azo groups is 1. The number of aliphatic hydroxyl groups excluding tert-OH is 1. The molecule has 0 unspecified atom stereocenters. The molecule has 0 radical (unpaired) electrons. The van der Waals surface area contributed by atoms with E-state index in [1.807, 2.05) is 0 Å². The lowest BCUT2D eigenvalue weighted by Crippen LogP contribution is -1.90. The molecular formula is C9H10N2O3. The van der Waals surface area contributed by atoms with Gasteiger partial charge in [-0.3, -0.25) is 4.79 Å². The lowest BCUT2D eigenvalue weighted by atomic mass is 10.4. The fourth-order valence-electron chi connectivity index (χ4n) is 0.642. The summed E-state index contributed by atoms with van der Waals surface area (Å²) in [5, 5.41) is 15.8. The molecule has 14 heavy (non-hydrogen) atoms. The van der Waals surface area contributed by atoms with Gasteiger partial charge in [-0.2, -0.15) is 0 Å². The van der Waals surface area contributed by atoms with Crippen molar-refractivity contribution in [3.8, 4) is 0 Å². The van der Waals surface area contributed by atoms with Crippen molar-refractivity contribution < 1.29 is 14.3 Å². The Morgan fingerprint density at radius 1 is 1.43 bits per heavy atom. The molecule has 0 saturated heterocycles. The average molecular weight is 194 g/mol. The number of carbonyl (C=O) groups excluding carboxylic acids is 1. The Hall–Kier alpha value is -1.91. The Morgan fingerprint density at radius 2 is 2.14 bits per heavy atom. The van der Waals surface area contributed by atoms with Gasteiger partial charge in [0.15, 0.2) is 5.76 Å². The summed E-state index contributed by atoms with van der Waals surface area (Å²) in [5.74, 6) is -0.422. The van der Waals surface area contributed by atoms with Crippen molar-refractivity contribution in [3.05, 3.63) is 35.6 Å². The van der Waals surface area contributed by atoms with Crippen LogP contribution in [0.15, 0.2) is 44.5 Å². The fourth-order valence-corrected chi connectivity index (χ4v) is 0.642. The molecule has 0 aromatic carbocycles. The molecule has 74 valence electrons. The molecule has 0 spiro atoms. The molecule has 1 N–H and O–H groups in total. The highest BCUT2D eigenvalue weighted by Gasteiger charge is 2.06. The summed E-state index contributed by atoms with van der Waals surface area (Å²) in [6.45, 7) is 3.01. The third-order valence-electron chi connectivity index (χ3n) is 1.55. The van der Waals surface area contributed by atoms with Crippen LogP contribution < -0.4 is 0 Å². The second kappa shape index (κ2) is 4.36. The fraction of sp³-hybridized carbons (Fsp3) is 0.222. The summed E-state index contributed by atoms with van der Waals surface area (Å²) in [4.78, 5) is 11.2. The maximum absolute atomic E-state index is 11.2. The molecule has 1 aromatic rings. The number of allylic oxidation sites excluding steroid dienone is 2. The number of aliphatic hydroxyl groups is 1. The van der Waals surface area contributed by atoms with Crippen molar-refractivity contribution >= 4 is 5.91 Å². The molecule has 0 aliphatic carbocycles. The van der Waals surface area contributed by atoms with E-state index in [9.17, 15) is 4.79 Å². The largest absolute Gasteiger partial charge is 0.511 e. The minimum atomic E-state index is -0.574. The number of furan rings is 1. The number of hydrogen-bond donors (Lipinski definition) is 1. The predicted octanol–water partition coefficient (Wildman–Crippen LogP) is 2.68. The van der Waals surface area contributed by atoms with Crippen LogP contribution in [-0.4, -0.2) is 11.0 Å². The van der Waals surface area contributed by atoms with Crippen molar-refractivity contribution in [2.75, 3.05) is 0 Å². The minimum absolute atomic E-state index is 0.0287. The molecule has 0 aliphatic heterocycles. The highest BCUT2D eigenvalue weighted by atomic mass is 16.3. The number of hydrogen-bond acceptors (Lipinski definition) is 4. The quantitative estimate of drug-likeness (QED) is 0.580. The average Bonchev–Trinajstić information content (AvgIpc) is 2.66. The normalized spacial score (nSPS) is 13.0. The van der Waals surface area contributed by atoms with E-state index in [1.165, 1.54) is 19.3 Å². The molecule has 0 bridgehead atoms. The van der Waals surface area contributed by atoms with Gasteiger partial charge in [-0.05, 0) is 26.0 Å². The van der Waals surface area contributed by atoms with E-state index < -0.39 is 5.91 Å². The Bertz CT molecular complexity index is 373. The van der Waals surface area contributed by atoms with Crippen molar-refractivity contribution in [2.24, 2.45) is 10.2 Å². The van der Waals surface area contributed by atoms with Gasteiger partial charge in [-0.1, -0.05) is 0 Å². The van der Waals surface area contributed by atoms with Gasteiger partial charge < -0.3 is 9.52 Å². The standard InChI is InChI=1S/C9H10N2O3/c1-6(7(2)12)10-11-9(13)8-4-3-5-14-8/h3-5,12H,1-2H3/b7-6-,11-10+. The highest BCUT2D eigenvalue weighted by Crippen LogP contribution is 2.06. The van der Waals surface area contributed by atoms with Gasteiger partial charge in [0.05, 0.1) is 12.0 Å². The van der Waals surface area contributed by atoms with Crippen LogP contribution in [0.3, 0.4) is 0 Å². The summed E-state index contributed by atoms with van der Waals surface area (Å²) in [6.07, 6.45) is 1.38.